The standard InChI is InChI=1S/C15H21NO2/c1-2-6-13(7-3-1)16-11-12-5-4-8-14-15(12)18-10-9-17-14/h4-5,8,13,16H,1-3,6-7,9-11H2. The first-order valence-electron chi connectivity index (χ1n) is 7.04. The molecule has 3 rings (SSSR count). The van der Waals surface area contributed by atoms with E-state index in [4.69, 9.17) is 9.47 Å². The van der Waals surface area contributed by atoms with E-state index in [0.717, 1.165) is 18.0 Å². The van der Waals surface area contributed by atoms with Gasteiger partial charge in [0.25, 0.3) is 0 Å². The van der Waals surface area contributed by atoms with Gasteiger partial charge in [0.15, 0.2) is 11.5 Å². The maximum Gasteiger partial charge on any atom is 0.165 e. The van der Waals surface area contributed by atoms with Crippen molar-refractivity contribution in [2.45, 2.75) is 44.7 Å². The molecule has 1 N–H and O–H groups in total. The Hall–Kier alpha value is -1.22. The maximum atomic E-state index is 5.73. The first-order valence-corrected chi connectivity index (χ1v) is 7.04. The average molecular weight is 247 g/mol. The summed E-state index contributed by atoms with van der Waals surface area (Å²) in [7, 11) is 0. The van der Waals surface area contributed by atoms with Crippen molar-refractivity contribution in [1.82, 2.24) is 5.32 Å². The minimum atomic E-state index is 0.659. The first kappa shape index (κ1) is 11.8. The molecule has 1 heterocycles. The SMILES string of the molecule is c1cc(CNC2CCCCC2)c2c(c1)OCCO2. The predicted molar refractivity (Wildman–Crippen MR) is 71.1 cm³/mol. The number of fused-ring (bicyclic) bond motifs is 1. The van der Waals surface area contributed by atoms with Crippen molar-refractivity contribution in [3.8, 4) is 11.5 Å². The fourth-order valence-corrected chi connectivity index (χ4v) is 2.83. The molecular formula is C15H21NO2. The number of ether oxygens (including phenoxy) is 2. The van der Waals surface area contributed by atoms with E-state index in [0.29, 0.717) is 19.3 Å². The van der Waals surface area contributed by atoms with Crippen LogP contribution in [-0.4, -0.2) is 19.3 Å². The molecule has 1 aromatic rings. The summed E-state index contributed by atoms with van der Waals surface area (Å²) in [6.07, 6.45) is 6.75. The summed E-state index contributed by atoms with van der Waals surface area (Å²) in [6.45, 7) is 2.21. The van der Waals surface area contributed by atoms with Gasteiger partial charge >= 0.3 is 0 Å². The number of para-hydroxylation sites is 1. The van der Waals surface area contributed by atoms with Gasteiger partial charge in [-0.3, -0.25) is 0 Å². The number of nitrogens with one attached hydrogen (secondary N) is 1. The molecule has 0 aromatic heterocycles. The number of benzene rings is 1. The van der Waals surface area contributed by atoms with E-state index in [1.165, 1.54) is 37.7 Å². The van der Waals surface area contributed by atoms with Gasteiger partial charge in [0.05, 0.1) is 0 Å². The molecule has 2 aliphatic rings. The Morgan fingerprint density at radius 3 is 2.78 bits per heavy atom. The molecule has 0 atom stereocenters. The highest BCUT2D eigenvalue weighted by Gasteiger charge is 2.17. The van der Waals surface area contributed by atoms with E-state index in [2.05, 4.69) is 11.4 Å². The van der Waals surface area contributed by atoms with Crippen LogP contribution in [0.4, 0.5) is 0 Å². The van der Waals surface area contributed by atoms with Crippen molar-refractivity contribution in [2.75, 3.05) is 13.2 Å². The summed E-state index contributed by atoms with van der Waals surface area (Å²) in [5.74, 6) is 1.83. The van der Waals surface area contributed by atoms with Crippen LogP contribution in [0.2, 0.25) is 0 Å². The molecular weight excluding hydrogens is 226 g/mol. The first-order chi connectivity index (χ1) is 8.93. The molecule has 0 saturated heterocycles. The molecule has 98 valence electrons. The van der Waals surface area contributed by atoms with E-state index < -0.39 is 0 Å². The lowest BCUT2D eigenvalue weighted by molar-refractivity contribution is 0.169. The van der Waals surface area contributed by atoms with Crippen LogP contribution < -0.4 is 14.8 Å². The largest absolute Gasteiger partial charge is 0.486 e. The molecule has 1 aliphatic carbocycles. The third-order valence-corrected chi connectivity index (χ3v) is 3.83. The summed E-state index contributed by atoms with van der Waals surface area (Å²) in [4.78, 5) is 0. The van der Waals surface area contributed by atoms with Gasteiger partial charge in [0.1, 0.15) is 13.2 Å². The summed E-state index contributed by atoms with van der Waals surface area (Å²) in [6, 6.07) is 6.84. The number of hydrogen-bond acceptors (Lipinski definition) is 3. The van der Waals surface area contributed by atoms with E-state index >= 15 is 0 Å². The molecule has 0 radical (unpaired) electrons. The highest BCUT2D eigenvalue weighted by Crippen LogP contribution is 2.33. The van der Waals surface area contributed by atoms with Crippen molar-refractivity contribution in [3.05, 3.63) is 23.8 Å². The van der Waals surface area contributed by atoms with Gasteiger partial charge in [-0.15, -0.1) is 0 Å². The van der Waals surface area contributed by atoms with E-state index in [-0.39, 0.29) is 0 Å². The third-order valence-electron chi connectivity index (χ3n) is 3.83. The molecule has 0 unspecified atom stereocenters. The van der Waals surface area contributed by atoms with Crippen LogP contribution >= 0.6 is 0 Å². The van der Waals surface area contributed by atoms with Crippen LogP contribution in [0.5, 0.6) is 11.5 Å². The minimum absolute atomic E-state index is 0.659. The van der Waals surface area contributed by atoms with Gasteiger partial charge in [-0.25, -0.2) is 0 Å². The van der Waals surface area contributed by atoms with Gasteiger partial charge < -0.3 is 14.8 Å². The molecule has 3 nitrogen and oxygen atoms in total. The highest BCUT2D eigenvalue weighted by molar-refractivity contribution is 5.47. The molecule has 0 bridgehead atoms. The Morgan fingerprint density at radius 1 is 1.06 bits per heavy atom. The monoisotopic (exact) mass is 247 g/mol. The highest BCUT2D eigenvalue weighted by atomic mass is 16.6. The minimum Gasteiger partial charge on any atom is -0.486 e. The molecule has 1 aromatic carbocycles. The topological polar surface area (TPSA) is 30.5 Å². The summed E-state index contributed by atoms with van der Waals surface area (Å²) in [5, 5.41) is 3.65. The fraction of sp³-hybridized carbons (Fsp3) is 0.600. The predicted octanol–water partition coefficient (Wildman–Crippen LogP) is 2.88. The van der Waals surface area contributed by atoms with Gasteiger partial charge in [-0.1, -0.05) is 31.4 Å². The Kier molecular flexibility index (Phi) is 3.69. The zero-order valence-corrected chi connectivity index (χ0v) is 10.8. The Morgan fingerprint density at radius 2 is 1.89 bits per heavy atom. The van der Waals surface area contributed by atoms with E-state index in [1.807, 2.05) is 12.1 Å². The van der Waals surface area contributed by atoms with Crippen molar-refractivity contribution in [1.29, 1.82) is 0 Å². The number of hydrogen-bond donors (Lipinski definition) is 1. The lowest BCUT2D eigenvalue weighted by Crippen LogP contribution is -2.30. The summed E-state index contributed by atoms with van der Waals surface area (Å²) < 4.78 is 11.3. The van der Waals surface area contributed by atoms with Crippen molar-refractivity contribution in [3.63, 3.8) is 0 Å². The molecule has 0 amide bonds. The van der Waals surface area contributed by atoms with Crippen LogP contribution in [0.3, 0.4) is 0 Å². The van der Waals surface area contributed by atoms with Crippen molar-refractivity contribution in [2.24, 2.45) is 0 Å². The zero-order valence-electron chi connectivity index (χ0n) is 10.8. The summed E-state index contributed by atoms with van der Waals surface area (Å²) in [5.41, 5.74) is 1.22. The van der Waals surface area contributed by atoms with E-state index in [1.54, 1.807) is 0 Å². The lowest BCUT2D eigenvalue weighted by atomic mass is 9.95. The quantitative estimate of drug-likeness (QED) is 0.891. The lowest BCUT2D eigenvalue weighted by Gasteiger charge is -2.25. The van der Waals surface area contributed by atoms with Crippen LogP contribution in [0, 0.1) is 0 Å². The molecule has 0 spiro atoms. The average Bonchev–Trinajstić information content (AvgIpc) is 2.46. The molecule has 1 aliphatic heterocycles. The van der Waals surface area contributed by atoms with Crippen molar-refractivity contribution < 1.29 is 9.47 Å². The van der Waals surface area contributed by atoms with E-state index in [9.17, 15) is 0 Å². The normalized spacial score (nSPS) is 19.8. The van der Waals surface area contributed by atoms with Gasteiger partial charge in [-0.05, 0) is 18.9 Å². The maximum absolute atomic E-state index is 5.73. The molecule has 18 heavy (non-hydrogen) atoms. The number of rotatable bonds is 3. The molecule has 1 saturated carbocycles. The molecule has 3 heteroatoms. The second-order valence-corrected chi connectivity index (χ2v) is 5.16. The summed E-state index contributed by atoms with van der Waals surface area (Å²) >= 11 is 0. The Bertz CT molecular complexity index is 399. The van der Waals surface area contributed by atoms with Crippen molar-refractivity contribution >= 4 is 0 Å². The van der Waals surface area contributed by atoms with Crippen LogP contribution in [0.1, 0.15) is 37.7 Å². The van der Waals surface area contributed by atoms with Gasteiger partial charge in [-0.2, -0.15) is 0 Å². The van der Waals surface area contributed by atoms with Gasteiger partial charge in [0, 0.05) is 18.2 Å². The smallest absolute Gasteiger partial charge is 0.165 e. The fourth-order valence-electron chi connectivity index (χ4n) is 2.83. The van der Waals surface area contributed by atoms with Crippen LogP contribution in [0.25, 0.3) is 0 Å². The third kappa shape index (κ3) is 2.61. The second-order valence-electron chi connectivity index (χ2n) is 5.16. The Labute approximate surface area is 108 Å². The van der Waals surface area contributed by atoms with Gasteiger partial charge in [0.2, 0.25) is 0 Å². The van der Waals surface area contributed by atoms with Crippen LogP contribution in [-0.2, 0) is 6.54 Å². The second kappa shape index (κ2) is 5.61. The Balaban J connectivity index is 1.65. The van der Waals surface area contributed by atoms with Crippen LogP contribution in [0.15, 0.2) is 18.2 Å². The molecule has 1 fully saturated rings. The zero-order chi connectivity index (χ0) is 12.2.